The van der Waals surface area contributed by atoms with E-state index in [1.165, 1.54) is 22.2 Å². The molecule has 1 aliphatic heterocycles. The highest BCUT2D eigenvalue weighted by Crippen LogP contribution is 2.42. The van der Waals surface area contributed by atoms with E-state index in [-0.39, 0.29) is 5.12 Å². The number of thioether (sulfide) groups is 2. The first-order valence-corrected chi connectivity index (χ1v) is 5.93. The van der Waals surface area contributed by atoms with Crippen LogP contribution in [0.2, 0.25) is 0 Å². The molecule has 13 heavy (non-hydrogen) atoms. The Morgan fingerprint density at radius 2 is 2.31 bits per heavy atom. The molecule has 68 valence electrons. The van der Waals surface area contributed by atoms with E-state index in [4.69, 9.17) is 0 Å². The Balaban J connectivity index is 2.09. The summed E-state index contributed by atoms with van der Waals surface area (Å²) in [6.45, 7) is 1.63. The standard InChI is InChI=1S/C10H10OS2/c1-7(11)12-10-6-8-4-2-3-5-9(8)13-10/h2-5,10H,6H2,1H3. The molecule has 3 heteroatoms. The topological polar surface area (TPSA) is 17.1 Å². The Labute approximate surface area is 86.3 Å². The van der Waals surface area contributed by atoms with Crippen LogP contribution in [0.15, 0.2) is 29.2 Å². The minimum atomic E-state index is 0.213. The monoisotopic (exact) mass is 210 g/mol. The van der Waals surface area contributed by atoms with E-state index in [1.54, 1.807) is 18.7 Å². The van der Waals surface area contributed by atoms with Gasteiger partial charge in [-0.15, -0.1) is 11.8 Å². The number of carbonyl (C=O) groups is 1. The van der Waals surface area contributed by atoms with E-state index in [9.17, 15) is 4.79 Å². The van der Waals surface area contributed by atoms with Gasteiger partial charge in [0.15, 0.2) is 5.12 Å². The first kappa shape index (κ1) is 9.16. The highest BCUT2D eigenvalue weighted by atomic mass is 32.2. The van der Waals surface area contributed by atoms with Gasteiger partial charge in [-0.1, -0.05) is 30.0 Å². The zero-order chi connectivity index (χ0) is 9.26. The average Bonchev–Trinajstić information content (AvgIpc) is 2.44. The lowest BCUT2D eigenvalue weighted by Gasteiger charge is -2.02. The zero-order valence-electron chi connectivity index (χ0n) is 7.32. The predicted octanol–water partition coefficient (Wildman–Crippen LogP) is 2.94. The highest BCUT2D eigenvalue weighted by molar-refractivity contribution is 8.24. The van der Waals surface area contributed by atoms with E-state index < -0.39 is 0 Å². The molecule has 0 aliphatic carbocycles. The lowest BCUT2D eigenvalue weighted by molar-refractivity contribution is -0.109. The maximum atomic E-state index is 10.9. The molecule has 0 N–H and O–H groups in total. The lowest BCUT2D eigenvalue weighted by atomic mass is 10.2. The molecule has 1 atom stereocenters. The number of carbonyl (C=O) groups excluding carboxylic acids is 1. The molecule has 0 fully saturated rings. The zero-order valence-corrected chi connectivity index (χ0v) is 8.95. The molecule has 1 nitrogen and oxygen atoms in total. The molecule has 0 aromatic heterocycles. The lowest BCUT2D eigenvalue weighted by Crippen LogP contribution is -1.97. The Hall–Kier alpha value is -0.410. The Morgan fingerprint density at radius 3 is 3.00 bits per heavy atom. The summed E-state index contributed by atoms with van der Waals surface area (Å²) in [5.41, 5.74) is 1.38. The maximum Gasteiger partial charge on any atom is 0.186 e. The van der Waals surface area contributed by atoms with Crippen molar-refractivity contribution in [1.82, 2.24) is 0 Å². The minimum Gasteiger partial charge on any atom is -0.288 e. The van der Waals surface area contributed by atoms with Crippen molar-refractivity contribution >= 4 is 28.6 Å². The first-order valence-electron chi connectivity index (χ1n) is 4.17. The molecule has 2 rings (SSSR count). The molecular weight excluding hydrogens is 200 g/mol. The van der Waals surface area contributed by atoms with Crippen LogP contribution in [0.4, 0.5) is 0 Å². The van der Waals surface area contributed by atoms with Gasteiger partial charge < -0.3 is 0 Å². The molecule has 1 unspecified atom stereocenters. The van der Waals surface area contributed by atoms with Crippen molar-refractivity contribution in [1.29, 1.82) is 0 Å². The van der Waals surface area contributed by atoms with Gasteiger partial charge in [-0.3, -0.25) is 4.79 Å². The molecule has 0 radical (unpaired) electrons. The van der Waals surface area contributed by atoms with Crippen LogP contribution in [-0.2, 0) is 11.2 Å². The van der Waals surface area contributed by atoms with Crippen molar-refractivity contribution in [2.45, 2.75) is 22.8 Å². The van der Waals surface area contributed by atoms with Crippen LogP contribution in [-0.4, -0.2) is 9.70 Å². The van der Waals surface area contributed by atoms with Gasteiger partial charge in [-0.2, -0.15) is 0 Å². The van der Waals surface area contributed by atoms with E-state index in [0.717, 1.165) is 6.42 Å². The van der Waals surface area contributed by atoms with Gasteiger partial charge in [0.25, 0.3) is 0 Å². The predicted molar refractivity (Wildman–Crippen MR) is 58.1 cm³/mol. The maximum absolute atomic E-state index is 10.9. The van der Waals surface area contributed by atoms with Crippen LogP contribution in [0.25, 0.3) is 0 Å². The van der Waals surface area contributed by atoms with Crippen molar-refractivity contribution in [3.63, 3.8) is 0 Å². The molecule has 0 spiro atoms. The van der Waals surface area contributed by atoms with Gasteiger partial charge >= 0.3 is 0 Å². The highest BCUT2D eigenvalue weighted by Gasteiger charge is 2.23. The fourth-order valence-electron chi connectivity index (χ4n) is 1.40. The fraction of sp³-hybridized carbons (Fsp3) is 0.300. The third kappa shape index (κ3) is 2.09. The smallest absolute Gasteiger partial charge is 0.186 e. The van der Waals surface area contributed by atoms with Crippen molar-refractivity contribution < 1.29 is 4.79 Å². The van der Waals surface area contributed by atoms with Gasteiger partial charge in [-0.25, -0.2) is 0 Å². The quantitative estimate of drug-likeness (QED) is 0.709. The summed E-state index contributed by atoms with van der Waals surface area (Å²) < 4.78 is 0.398. The molecule has 1 aromatic carbocycles. The van der Waals surface area contributed by atoms with E-state index >= 15 is 0 Å². The number of fused-ring (bicyclic) bond motifs is 1. The number of hydrogen-bond acceptors (Lipinski definition) is 3. The van der Waals surface area contributed by atoms with Crippen LogP contribution in [0.5, 0.6) is 0 Å². The molecule has 1 aromatic rings. The third-order valence-corrected chi connectivity index (χ3v) is 4.34. The molecule has 0 amide bonds. The van der Waals surface area contributed by atoms with E-state index in [1.807, 2.05) is 6.07 Å². The SMILES string of the molecule is CC(=O)SC1Cc2ccccc2S1. The van der Waals surface area contributed by atoms with Gasteiger partial charge in [0.05, 0.1) is 4.58 Å². The number of rotatable bonds is 1. The summed E-state index contributed by atoms with van der Waals surface area (Å²) in [7, 11) is 0. The molecule has 1 heterocycles. The Morgan fingerprint density at radius 1 is 1.54 bits per heavy atom. The number of hydrogen-bond donors (Lipinski definition) is 0. The first-order chi connectivity index (χ1) is 6.25. The summed E-state index contributed by atoms with van der Waals surface area (Å²) in [5.74, 6) is 0. The summed E-state index contributed by atoms with van der Waals surface area (Å²) in [6.07, 6.45) is 1.02. The van der Waals surface area contributed by atoms with Gasteiger partial charge in [-0.05, 0) is 18.1 Å². The van der Waals surface area contributed by atoms with Crippen LogP contribution in [0.1, 0.15) is 12.5 Å². The molecule has 1 aliphatic rings. The van der Waals surface area contributed by atoms with E-state index in [2.05, 4.69) is 18.2 Å². The molecule has 0 bridgehead atoms. The summed E-state index contributed by atoms with van der Waals surface area (Å²) in [5, 5.41) is 0.213. The van der Waals surface area contributed by atoms with Crippen LogP contribution < -0.4 is 0 Å². The third-order valence-electron chi connectivity index (χ3n) is 1.92. The summed E-state index contributed by atoms with van der Waals surface area (Å²) >= 11 is 3.25. The second-order valence-electron chi connectivity index (χ2n) is 2.97. The van der Waals surface area contributed by atoms with Crippen LogP contribution >= 0.6 is 23.5 Å². The summed E-state index contributed by atoms with van der Waals surface area (Å²) in [4.78, 5) is 12.2. The molecule has 0 saturated carbocycles. The van der Waals surface area contributed by atoms with Gasteiger partial charge in [0.2, 0.25) is 0 Å². The fourth-order valence-corrected chi connectivity index (χ4v) is 3.95. The Bertz CT molecular complexity index is 310. The minimum absolute atomic E-state index is 0.213. The van der Waals surface area contributed by atoms with Crippen molar-refractivity contribution in [3.8, 4) is 0 Å². The van der Waals surface area contributed by atoms with Crippen molar-refractivity contribution in [3.05, 3.63) is 29.8 Å². The number of benzene rings is 1. The van der Waals surface area contributed by atoms with Crippen molar-refractivity contribution in [2.75, 3.05) is 0 Å². The van der Waals surface area contributed by atoms with Crippen LogP contribution in [0, 0.1) is 0 Å². The van der Waals surface area contributed by atoms with E-state index in [0.29, 0.717) is 4.58 Å². The Kier molecular flexibility index (Phi) is 2.65. The van der Waals surface area contributed by atoms with Gasteiger partial charge in [0.1, 0.15) is 0 Å². The molecular formula is C10H10OS2. The largest absolute Gasteiger partial charge is 0.288 e. The summed E-state index contributed by atoms with van der Waals surface area (Å²) in [6, 6.07) is 8.37. The normalized spacial score (nSPS) is 19.9. The second kappa shape index (κ2) is 3.76. The van der Waals surface area contributed by atoms with Crippen molar-refractivity contribution in [2.24, 2.45) is 0 Å². The van der Waals surface area contributed by atoms with Gasteiger partial charge in [0, 0.05) is 11.8 Å². The second-order valence-corrected chi connectivity index (χ2v) is 5.89. The molecule has 0 saturated heterocycles. The van der Waals surface area contributed by atoms with Crippen LogP contribution in [0.3, 0.4) is 0 Å². The average molecular weight is 210 g/mol.